The van der Waals surface area contributed by atoms with Crippen LogP contribution in [-0.2, 0) is 43.2 Å². The molecule has 2 saturated heterocycles. The van der Waals surface area contributed by atoms with Crippen molar-refractivity contribution >= 4 is 11.5 Å². The van der Waals surface area contributed by atoms with Gasteiger partial charge in [-0.2, -0.15) is 41.4 Å². The Morgan fingerprint density at radius 2 is 1.88 bits per heavy atom. The molecule has 0 bridgehead atoms. The maximum atomic E-state index is 15.6. The number of ether oxygens (including phenoxy) is 2. The predicted octanol–water partition coefficient (Wildman–Crippen LogP) is 6.20. The average Bonchev–Trinajstić information content (AvgIpc) is 3.67. The zero-order valence-electron chi connectivity index (χ0n) is 27.1. The summed E-state index contributed by atoms with van der Waals surface area (Å²) < 4.78 is 113. The van der Waals surface area contributed by atoms with E-state index >= 15 is 4.39 Å². The molecule has 0 spiro atoms. The molecule has 9 nitrogen and oxygen atoms in total. The Labute approximate surface area is 283 Å². The Morgan fingerprint density at radius 1 is 1.08 bits per heavy atom. The minimum Gasteiger partial charge on any atom is -0.461 e. The number of hydrogen-bond donors (Lipinski definition) is 1. The van der Waals surface area contributed by atoms with Crippen LogP contribution < -0.4 is 15.4 Å². The van der Waals surface area contributed by atoms with Crippen LogP contribution in [-0.4, -0.2) is 56.4 Å². The van der Waals surface area contributed by atoms with E-state index in [4.69, 9.17) is 20.2 Å². The minimum absolute atomic E-state index is 0.00799. The Kier molecular flexibility index (Phi) is 8.49. The van der Waals surface area contributed by atoms with Crippen molar-refractivity contribution in [2.45, 2.75) is 82.7 Å². The number of anilines is 2. The van der Waals surface area contributed by atoms with Gasteiger partial charge in [-0.1, -0.05) is 18.1 Å². The lowest BCUT2D eigenvalue weighted by Crippen LogP contribution is -2.43. The molecule has 0 amide bonds. The third-order valence-corrected chi connectivity index (χ3v) is 9.86. The molecule has 6 heterocycles. The van der Waals surface area contributed by atoms with Crippen molar-refractivity contribution in [1.82, 2.24) is 24.6 Å². The fraction of sp³-hybridized carbons (Fsp3) is 0.500. The number of aromatic nitrogens is 4. The second-order valence-corrected chi connectivity index (χ2v) is 13.2. The zero-order chi connectivity index (χ0) is 35.6. The number of nitrogens with zero attached hydrogens (tertiary/aromatic N) is 6. The fourth-order valence-electron chi connectivity index (χ4n) is 7.71. The molecule has 16 heteroatoms. The summed E-state index contributed by atoms with van der Waals surface area (Å²) in [5.41, 5.74) is 3.57. The molecule has 7 rings (SSSR count). The molecule has 266 valence electrons. The first-order valence-corrected chi connectivity index (χ1v) is 16.2. The lowest BCUT2D eigenvalue weighted by Gasteiger charge is -2.33. The van der Waals surface area contributed by atoms with Gasteiger partial charge in [0.05, 0.1) is 47.4 Å². The van der Waals surface area contributed by atoms with Crippen LogP contribution in [0.15, 0.2) is 24.3 Å². The van der Waals surface area contributed by atoms with Crippen molar-refractivity contribution in [3.05, 3.63) is 69.4 Å². The third kappa shape index (κ3) is 6.14. The molecule has 0 radical (unpaired) electrons. The van der Waals surface area contributed by atoms with Gasteiger partial charge in [-0.05, 0) is 51.3 Å². The topological polar surface area (TPSA) is 94.6 Å². The van der Waals surface area contributed by atoms with Crippen LogP contribution in [0.2, 0.25) is 0 Å². The van der Waals surface area contributed by atoms with Crippen molar-refractivity contribution in [3.63, 3.8) is 0 Å². The highest BCUT2D eigenvalue weighted by molar-refractivity contribution is 5.59. The van der Waals surface area contributed by atoms with Gasteiger partial charge in [-0.25, -0.2) is 4.39 Å². The summed E-state index contributed by atoms with van der Waals surface area (Å²) in [4.78, 5) is 13.4. The molecule has 4 aliphatic rings. The van der Waals surface area contributed by atoms with E-state index in [2.05, 4.69) is 33.4 Å². The Morgan fingerprint density at radius 3 is 2.62 bits per heavy atom. The molecule has 50 heavy (non-hydrogen) atoms. The predicted molar refractivity (Wildman–Crippen MR) is 167 cm³/mol. The van der Waals surface area contributed by atoms with Crippen molar-refractivity contribution in [3.8, 4) is 17.9 Å². The lowest BCUT2D eigenvalue weighted by atomic mass is 9.91. The Bertz CT molecular complexity index is 1910. The summed E-state index contributed by atoms with van der Waals surface area (Å²) in [5, 5.41) is 3.76. The van der Waals surface area contributed by atoms with Crippen LogP contribution in [0.25, 0.3) is 0 Å². The van der Waals surface area contributed by atoms with E-state index in [1.807, 2.05) is 0 Å². The number of halogens is 7. The molecule has 3 aromatic rings. The number of benzene rings is 1. The van der Waals surface area contributed by atoms with E-state index in [-0.39, 0.29) is 50.0 Å². The monoisotopic (exact) mass is 705 g/mol. The number of alkyl halides is 6. The van der Waals surface area contributed by atoms with Gasteiger partial charge < -0.3 is 20.1 Å². The molecule has 0 saturated carbocycles. The van der Waals surface area contributed by atoms with E-state index in [9.17, 15) is 26.3 Å². The second kappa shape index (κ2) is 12.4. The number of aryl methyl sites for hydroxylation is 1. The van der Waals surface area contributed by atoms with Crippen molar-refractivity contribution in [2.24, 2.45) is 0 Å². The molecule has 0 unspecified atom stereocenters. The Balaban J connectivity index is 1.29. The molecule has 0 aliphatic carbocycles. The molecule has 2 aromatic heterocycles. The number of fused-ring (bicyclic) bond motifs is 3. The number of hydrogen-bond acceptors (Lipinski definition) is 8. The van der Waals surface area contributed by atoms with Crippen molar-refractivity contribution in [2.75, 3.05) is 36.9 Å². The first-order chi connectivity index (χ1) is 23.7. The van der Waals surface area contributed by atoms with Gasteiger partial charge in [0.1, 0.15) is 12.4 Å². The molecule has 2 fully saturated rings. The minimum atomic E-state index is -4.99. The van der Waals surface area contributed by atoms with E-state index in [1.165, 1.54) is 11.6 Å². The summed E-state index contributed by atoms with van der Waals surface area (Å²) in [6, 6.07) is 1.81. The van der Waals surface area contributed by atoms with Crippen molar-refractivity contribution in [1.29, 1.82) is 0 Å². The van der Waals surface area contributed by atoms with Gasteiger partial charge in [0.25, 0.3) is 0 Å². The van der Waals surface area contributed by atoms with E-state index < -0.39 is 52.3 Å². The standard InChI is InChI=1S/C34H34F7N7O2/c1-3-6-20-11-23(42)29(35)27(28(20)34(39,40)41)25-13-24-22(17-49-25)30(46-8-5-10-48-21(16-46)12-26(45-48)33(36,37)38)44-31(43-24)50-18-32-7-4-9-47(32)15-19(2)14-32/h11-12,25H,2,4-5,7-10,13-18,42H2,1H3/t25-,32-/m1/s1. The second-order valence-electron chi connectivity index (χ2n) is 13.2. The summed E-state index contributed by atoms with van der Waals surface area (Å²) in [6.45, 7) is 7.68. The van der Waals surface area contributed by atoms with Crippen LogP contribution in [0.1, 0.15) is 78.0 Å². The largest absolute Gasteiger partial charge is 0.461 e. The summed E-state index contributed by atoms with van der Waals surface area (Å²) in [5.74, 6) is 3.86. The van der Waals surface area contributed by atoms with Crippen LogP contribution in [0, 0.1) is 17.7 Å². The smallest absolute Gasteiger partial charge is 0.435 e. The quantitative estimate of drug-likeness (QED) is 0.145. The maximum Gasteiger partial charge on any atom is 0.435 e. The van der Waals surface area contributed by atoms with Gasteiger partial charge in [-0.3, -0.25) is 9.58 Å². The lowest BCUT2D eigenvalue weighted by molar-refractivity contribution is -0.141. The fourth-order valence-corrected chi connectivity index (χ4v) is 7.71. The first kappa shape index (κ1) is 34.1. The van der Waals surface area contributed by atoms with E-state index in [1.54, 1.807) is 4.90 Å². The molecule has 1 aromatic carbocycles. The zero-order valence-corrected chi connectivity index (χ0v) is 27.1. The third-order valence-electron chi connectivity index (χ3n) is 9.86. The van der Waals surface area contributed by atoms with Gasteiger partial charge in [0.2, 0.25) is 0 Å². The van der Waals surface area contributed by atoms with Crippen LogP contribution in [0.4, 0.5) is 42.2 Å². The van der Waals surface area contributed by atoms with E-state index in [0.29, 0.717) is 30.0 Å². The first-order valence-electron chi connectivity index (χ1n) is 16.2. The molecule has 2 N–H and O–H groups in total. The number of rotatable bonds is 5. The van der Waals surface area contributed by atoms with Gasteiger partial charge >= 0.3 is 18.4 Å². The number of nitrogen functional groups attached to an aromatic ring is 1. The van der Waals surface area contributed by atoms with Gasteiger partial charge in [-0.15, -0.1) is 5.92 Å². The summed E-state index contributed by atoms with van der Waals surface area (Å²) in [6.07, 6.45) is -8.35. The normalized spacial score (nSPS) is 22.4. The van der Waals surface area contributed by atoms with Crippen LogP contribution in [0.5, 0.6) is 6.01 Å². The highest BCUT2D eigenvalue weighted by atomic mass is 19.4. The molecular weight excluding hydrogens is 671 g/mol. The molecule has 4 aliphatic heterocycles. The number of nitrogens with two attached hydrogens (primary N) is 1. The highest BCUT2D eigenvalue weighted by Crippen LogP contribution is 2.45. The van der Waals surface area contributed by atoms with Gasteiger partial charge in [0.15, 0.2) is 11.5 Å². The maximum absolute atomic E-state index is 15.6. The molecular formula is C34H34F7N7O2. The SMILES string of the molecule is C=C1CN2CCC[C@]2(COc2nc3c(c(N4CCCn5nc(C(F)(F)F)cc5C4)n2)CO[C@@H](c2c(F)c(N)cc(C#CC)c2C(F)(F)F)C3)C1. The van der Waals surface area contributed by atoms with Crippen LogP contribution >= 0.6 is 0 Å². The molecule has 2 atom stereocenters. The van der Waals surface area contributed by atoms with Gasteiger partial charge in [0, 0.05) is 42.7 Å². The van der Waals surface area contributed by atoms with Crippen molar-refractivity contribution < 1.29 is 40.2 Å². The summed E-state index contributed by atoms with van der Waals surface area (Å²) >= 11 is 0. The highest BCUT2D eigenvalue weighted by Gasteiger charge is 2.47. The Hall–Kier alpha value is -4.36. The van der Waals surface area contributed by atoms with E-state index in [0.717, 1.165) is 50.1 Å². The summed E-state index contributed by atoms with van der Waals surface area (Å²) in [7, 11) is 0. The average molecular weight is 706 g/mol. The van der Waals surface area contributed by atoms with Crippen LogP contribution in [0.3, 0.4) is 0 Å².